The van der Waals surface area contributed by atoms with E-state index in [1.54, 1.807) is 6.07 Å². The monoisotopic (exact) mass is 335 g/mol. The van der Waals surface area contributed by atoms with E-state index in [4.69, 9.17) is 0 Å². The molecule has 4 rings (SSSR count). The lowest BCUT2D eigenvalue weighted by atomic mass is 10.0. The molecule has 25 heavy (non-hydrogen) atoms. The largest absolute Gasteiger partial charge is 0.339 e. The number of rotatable bonds is 3. The molecule has 7 heteroatoms. The van der Waals surface area contributed by atoms with Crippen LogP contribution in [0.25, 0.3) is 10.9 Å². The van der Waals surface area contributed by atoms with Gasteiger partial charge in [0.2, 0.25) is 0 Å². The van der Waals surface area contributed by atoms with E-state index in [0.717, 1.165) is 5.56 Å². The summed E-state index contributed by atoms with van der Waals surface area (Å²) < 4.78 is 1.29. The molecule has 1 aliphatic rings. The van der Waals surface area contributed by atoms with Gasteiger partial charge in [-0.2, -0.15) is 0 Å². The van der Waals surface area contributed by atoms with Gasteiger partial charge in [0.05, 0.1) is 15.8 Å². The summed E-state index contributed by atoms with van der Waals surface area (Å²) in [5, 5.41) is 14.2. The molecule has 0 saturated carbocycles. The van der Waals surface area contributed by atoms with Crippen molar-refractivity contribution in [2.75, 3.05) is 0 Å². The van der Waals surface area contributed by atoms with Gasteiger partial charge in [-0.25, -0.2) is 0 Å². The third kappa shape index (κ3) is 2.37. The van der Waals surface area contributed by atoms with Crippen molar-refractivity contribution >= 4 is 28.4 Å². The number of nitrogens with zero attached hydrogens (tertiary/aromatic N) is 2. The van der Waals surface area contributed by atoms with E-state index in [2.05, 4.69) is 5.32 Å². The predicted octanol–water partition coefficient (Wildman–Crippen LogP) is 2.54. The van der Waals surface area contributed by atoms with Crippen molar-refractivity contribution in [2.45, 2.75) is 12.5 Å². The van der Waals surface area contributed by atoms with E-state index < -0.39 is 16.9 Å². The SMILES string of the molecule is O=C1NC(Cc2ccccc2)C(=O)n2c1cc1c([N+](=O)[O-])cccc12. The maximum absolute atomic E-state index is 12.9. The maximum atomic E-state index is 12.9. The van der Waals surface area contributed by atoms with E-state index in [1.807, 2.05) is 30.3 Å². The number of amides is 1. The molecule has 1 aromatic heterocycles. The number of aromatic nitrogens is 1. The summed E-state index contributed by atoms with van der Waals surface area (Å²) >= 11 is 0. The van der Waals surface area contributed by atoms with E-state index in [0.29, 0.717) is 11.9 Å². The third-order valence-electron chi connectivity index (χ3n) is 4.36. The second-order valence-electron chi connectivity index (χ2n) is 5.89. The topological polar surface area (TPSA) is 94.2 Å². The molecular weight excluding hydrogens is 322 g/mol. The number of hydrogen-bond acceptors (Lipinski definition) is 4. The van der Waals surface area contributed by atoms with Crippen molar-refractivity contribution in [2.24, 2.45) is 0 Å². The van der Waals surface area contributed by atoms with Gasteiger partial charge >= 0.3 is 0 Å². The summed E-state index contributed by atoms with van der Waals surface area (Å²) in [6.07, 6.45) is 0.361. The molecule has 1 aliphatic heterocycles. The average molecular weight is 335 g/mol. The molecular formula is C18H13N3O4. The van der Waals surface area contributed by atoms with Gasteiger partial charge in [0, 0.05) is 12.5 Å². The minimum atomic E-state index is -0.711. The number of nitro benzene ring substituents is 1. The van der Waals surface area contributed by atoms with Crippen molar-refractivity contribution in [3.8, 4) is 0 Å². The molecule has 124 valence electrons. The maximum Gasteiger partial charge on any atom is 0.278 e. The van der Waals surface area contributed by atoms with Crippen molar-refractivity contribution in [1.82, 2.24) is 9.88 Å². The Hall–Kier alpha value is -3.48. The van der Waals surface area contributed by atoms with Gasteiger partial charge in [0.25, 0.3) is 17.5 Å². The van der Waals surface area contributed by atoms with Crippen LogP contribution in [0, 0.1) is 10.1 Å². The number of non-ortho nitro benzene ring substituents is 1. The summed E-state index contributed by atoms with van der Waals surface area (Å²) in [6, 6.07) is 14.5. The summed E-state index contributed by atoms with van der Waals surface area (Å²) in [5.74, 6) is -0.708. The minimum absolute atomic E-state index is 0.124. The van der Waals surface area contributed by atoms with Gasteiger partial charge < -0.3 is 5.32 Å². The normalized spacial score (nSPS) is 16.6. The molecule has 1 amide bonds. The van der Waals surface area contributed by atoms with Gasteiger partial charge in [0.15, 0.2) is 0 Å². The van der Waals surface area contributed by atoms with Crippen LogP contribution in [0.5, 0.6) is 0 Å². The van der Waals surface area contributed by atoms with E-state index in [9.17, 15) is 19.7 Å². The van der Waals surface area contributed by atoms with Crippen LogP contribution in [-0.4, -0.2) is 27.3 Å². The molecule has 0 fully saturated rings. The Bertz CT molecular complexity index is 1020. The average Bonchev–Trinajstić information content (AvgIpc) is 3.00. The van der Waals surface area contributed by atoms with Gasteiger partial charge in [0.1, 0.15) is 11.7 Å². The lowest BCUT2D eigenvalue weighted by Gasteiger charge is -2.24. The molecule has 0 aliphatic carbocycles. The number of benzene rings is 2. The van der Waals surface area contributed by atoms with Crippen molar-refractivity contribution in [1.29, 1.82) is 0 Å². The van der Waals surface area contributed by atoms with Crippen LogP contribution in [0.1, 0.15) is 20.8 Å². The van der Waals surface area contributed by atoms with E-state index >= 15 is 0 Å². The predicted molar refractivity (Wildman–Crippen MR) is 90.6 cm³/mol. The van der Waals surface area contributed by atoms with Crippen LogP contribution in [0.4, 0.5) is 5.69 Å². The van der Waals surface area contributed by atoms with Crippen LogP contribution < -0.4 is 5.32 Å². The first-order chi connectivity index (χ1) is 12.1. The lowest BCUT2D eigenvalue weighted by molar-refractivity contribution is -0.383. The Morgan fingerprint density at radius 3 is 2.56 bits per heavy atom. The molecule has 0 bridgehead atoms. The Labute approximate surface area is 142 Å². The van der Waals surface area contributed by atoms with Crippen LogP contribution in [0.15, 0.2) is 54.6 Å². The first-order valence-electron chi connectivity index (χ1n) is 7.74. The van der Waals surface area contributed by atoms with Crippen molar-refractivity contribution in [3.05, 3.63) is 76.0 Å². The minimum Gasteiger partial charge on any atom is -0.339 e. The van der Waals surface area contributed by atoms with Gasteiger partial charge in [-0.1, -0.05) is 36.4 Å². The molecule has 1 N–H and O–H groups in total. The zero-order chi connectivity index (χ0) is 17.6. The smallest absolute Gasteiger partial charge is 0.278 e. The van der Waals surface area contributed by atoms with Gasteiger partial charge in [-0.3, -0.25) is 24.3 Å². The van der Waals surface area contributed by atoms with Gasteiger partial charge in [-0.05, 0) is 17.7 Å². The molecule has 1 unspecified atom stereocenters. The quantitative estimate of drug-likeness (QED) is 0.588. The second-order valence-corrected chi connectivity index (χ2v) is 5.89. The highest BCUT2D eigenvalue weighted by atomic mass is 16.6. The fourth-order valence-electron chi connectivity index (χ4n) is 3.22. The zero-order valence-electron chi connectivity index (χ0n) is 13.0. The Balaban J connectivity index is 1.82. The third-order valence-corrected chi connectivity index (χ3v) is 4.36. The summed E-state index contributed by atoms with van der Waals surface area (Å²) in [5.41, 5.74) is 1.30. The summed E-state index contributed by atoms with van der Waals surface area (Å²) in [6.45, 7) is 0. The number of fused-ring (bicyclic) bond motifs is 3. The zero-order valence-corrected chi connectivity index (χ0v) is 13.0. The second kappa shape index (κ2) is 5.55. The number of carbonyl (C=O) groups is 2. The van der Waals surface area contributed by atoms with Crippen LogP contribution in [-0.2, 0) is 6.42 Å². The molecule has 1 atom stereocenters. The van der Waals surface area contributed by atoms with Crippen LogP contribution >= 0.6 is 0 Å². The molecule has 3 aromatic rings. The van der Waals surface area contributed by atoms with Crippen molar-refractivity contribution in [3.63, 3.8) is 0 Å². The number of hydrogen-bond donors (Lipinski definition) is 1. The Kier molecular flexibility index (Phi) is 3.35. The number of nitrogens with one attached hydrogen (secondary N) is 1. The molecule has 0 radical (unpaired) electrons. The number of carbonyl (C=O) groups excluding carboxylic acids is 2. The standard InChI is InChI=1S/C18H13N3O4/c22-17-16-10-12-14(7-4-8-15(12)21(24)25)20(16)18(23)13(19-17)9-11-5-2-1-3-6-11/h1-8,10,13H,9H2,(H,19,22). The first kappa shape index (κ1) is 15.1. The summed E-state index contributed by atoms with van der Waals surface area (Å²) in [7, 11) is 0. The Morgan fingerprint density at radius 1 is 1.08 bits per heavy atom. The van der Waals surface area contributed by atoms with Crippen LogP contribution in [0.3, 0.4) is 0 Å². The highest BCUT2D eigenvalue weighted by molar-refractivity contribution is 6.11. The molecule has 2 aromatic carbocycles. The number of nitro groups is 1. The van der Waals surface area contributed by atoms with Gasteiger partial charge in [-0.15, -0.1) is 0 Å². The summed E-state index contributed by atoms with van der Waals surface area (Å²) in [4.78, 5) is 36.0. The molecule has 2 heterocycles. The lowest BCUT2D eigenvalue weighted by Crippen LogP contribution is -2.50. The molecule has 0 saturated heterocycles. The molecule has 7 nitrogen and oxygen atoms in total. The fraction of sp³-hybridized carbons (Fsp3) is 0.111. The van der Waals surface area contributed by atoms with Crippen LogP contribution in [0.2, 0.25) is 0 Å². The van der Waals surface area contributed by atoms with E-state index in [1.165, 1.54) is 22.8 Å². The molecule has 0 spiro atoms. The fourth-order valence-corrected chi connectivity index (χ4v) is 3.22. The first-order valence-corrected chi connectivity index (χ1v) is 7.74. The highest BCUT2D eigenvalue weighted by Gasteiger charge is 2.34. The highest BCUT2D eigenvalue weighted by Crippen LogP contribution is 2.30. The Morgan fingerprint density at radius 2 is 1.84 bits per heavy atom. The van der Waals surface area contributed by atoms with Crippen molar-refractivity contribution < 1.29 is 14.5 Å². The van der Waals surface area contributed by atoms with E-state index in [-0.39, 0.29) is 22.7 Å².